The molecule has 0 spiro atoms. The van der Waals surface area contributed by atoms with Crippen LogP contribution >= 0.6 is 0 Å². The van der Waals surface area contributed by atoms with E-state index in [4.69, 9.17) is 5.73 Å². The minimum atomic E-state index is 0.836. The number of para-hydroxylation sites is 1. The van der Waals surface area contributed by atoms with Crippen LogP contribution in [-0.4, -0.2) is 0 Å². The van der Waals surface area contributed by atoms with Gasteiger partial charge in [0.15, 0.2) is 0 Å². The van der Waals surface area contributed by atoms with Crippen LogP contribution in [0.2, 0.25) is 0 Å². The van der Waals surface area contributed by atoms with Gasteiger partial charge >= 0.3 is 0 Å². The van der Waals surface area contributed by atoms with Gasteiger partial charge in [0.1, 0.15) is 0 Å². The molecule has 0 fully saturated rings. The van der Waals surface area contributed by atoms with Crippen molar-refractivity contribution in [1.29, 1.82) is 0 Å². The molecule has 1 heteroatoms. The SMILES string of the molecule is Cc1ccc(-c2cccc(-c3ccccc3)c2N)cc1. The molecule has 98 valence electrons. The van der Waals surface area contributed by atoms with Crippen molar-refractivity contribution in [2.75, 3.05) is 5.73 Å². The van der Waals surface area contributed by atoms with Gasteiger partial charge in [-0.15, -0.1) is 0 Å². The van der Waals surface area contributed by atoms with E-state index in [9.17, 15) is 0 Å². The number of hydrogen-bond acceptors (Lipinski definition) is 1. The molecular formula is C19H17N. The van der Waals surface area contributed by atoms with Gasteiger partial charge in [-0.05, 0) is 18.1 Å². The summed E-state index contributed by atoms with van der Waals surface area (Å²) in [5.41, 5.74) is 13.0. The lowest BCUT2D eigenvalue weighted by molar-refractivity contribution is 1.47. The molecule has 0 aliphatic heterocycles. The van der Waals surface area contributed by atoms with E-state index in [-0.39, 0.29) is 0 Å². The maximum atomic E-state index is 6.39. The van der Waals surface area contributed by atoms with Crippen LogP contribution in [0.3, 0.4) is 0 Å². The molecule has 0 radical (unpaired) electrons. The molecule has 0 saturated carbocycles. The van der Waals surface area contributed by atoms with E-state index in [2.05, 4.69) is 61.5 Å². The smallest absolute Gasteiger partial charge is 0.0473 e. The zero-order valence-corrected chi connectivity index (χ0v) is 11.5. The lowest BCUT2D eigenvalue weighted by Crippen LogP contribution is -1.94. The van der Waals surface area contributed by atoms with Crippen molar-refractivity contribution in [3.05, 3.63) is 78.4 Å². The average Bonchev–Trinajstić information content (AvgIpc) is 2.49. The largest absolute Gasteiger partial charge is 0.398 e. The molecule has 1 nitrogen and oxygen atoms in total. The van der Waals surface area contributed by atoms with Gasteiger partial charge in [0.05, 0.1) is 0 Å². The third-order valence-corrected chi connectivity index (χ3v) is 3.55. The van der Waals surface area contributed by atoms with Crippen LogP contribution in [0.4, 0.5) is 5.69 Å². The summed E-state index contributed by atoms with van der Waals surface area (Å²) in [5, 5.41) is 0. The molecule has 20 heavy (non-hydrogen) atoms. The topological polar surface area (TPSA) is 26.0 Å². The van der Waals surface area contributed by atoms with Gasteiger partial charge in [0.2, 0.25) is 0 Å². The number of hydrogen-bond donors (Lipinski definition) is 1. The lowest BCUT2D eigenvalue weighted by Gasteiger charge is -2.11. The Hall–Kier alpha value is -2.54. The van der Waals surface area contributed by atoms with Gasteiger partial charge in [-0.1, -0.05) is 78.4 Å². The number of rotatable bonds is 2. The lowest BCUT2D eigenvalue weighted by atomic mass is 9.96. The van der Waals surface area contributed by atoms with E-state index < -0.39 is 0 Å². The van der Waals surface area contributed by atoms with E-state index in [1.807, 2.05) is 18.2 Å². The van der Waals surface area contributed by atoms with Gasteiger partial charge in [-0.3, -0.25) is 0 Å². The van der Waals surface area contributed by atoms with E-state index in [1.165, 1.54) is 5.56 Å². The maximum Gasteiger partial charge on any atom is 0.0473 e. The van der Waals surface area contributed by atoms with Crippen LogP contribution in [0, 0.1) is 6.92 Å². The predicted octanol–water partition coefficient (Wildman–Crippen LogP) is 4.91. The summed E-state index contributed by atoms with van der Waals surface area (Å²) in [4.78, 5) is 0. The van der Waals surface area contributed by atoms with Crippen molar-refractivity contribution in [2.45, 2.75) is 6.92 Å². The molecule has 0 atom stereocenters. The Morgan fingerprint density at radius 3 is 1.75 bits per heavy atom. The van der Waals surface area contributed by atoms with Crippen molar-refractivity contribution >= 4 is 5.69 Å². The van der Waals surface area contributed by atoms with Crippen LogP contribution in [0.25, 0.3) is 22.3 Å². The molecule has 0 aromatic heterocycles. The molecule has 3 rings (SSSR count). The van der Waals surface area contributed by atoms with Crippen molar-refractivity contribution in [3.63, 3.8) is 0 Å². The van der Waals surface area contributed by atoms with Crippen LogP contribution in [0.15, 0.2) is 72.8 Å². The summed E-state index contributed by atoms with van der Waals surface area (Å²) < 4.78 is 0. The third kappa shape index (κ3) is 2.30. The van der Waals surface area contributed by atoms with Crippen LogP contribution in [0.1, 0.15) is 5.56 Å². The third-order valence-electron chi connectivity index (χ3n) is 3.55. The van der Waals surface area contributed by atoms with E-state index >= 15 is 0 Å². The Kier molecular flexibility index (Phi) is 3.26. The highest BCUT2D eigenvalue weighted by Gasteiger charge is 2.08. The first-order chi connectivity index (χ1) is 9.75. The molecule has 0 amide bonds. The van der Waals surface area contributed by atoms with E-state index in [0.29, 0.717) is 0 Å². The normalized spacial score (nSPS) is 10.4. The minimum Gasteiger partial charge on any atom is -0.398 e. The Labute approximate surface area is 119 Å². The van der Waals surface area contributed by atoms with Crippen LogP contribution in [0.5, 0.6) is 0 Å². The fraction of sp³-hybridized carbons (Fsp3) is 0.0526. The first-order valence-corrected chi connectivity index (χ1v) is 6.76. The number of aryl methyl sites for hydroxylation is 1. The highest BCUT2D eigenvalue weighted by molar-refractivity contribution is 5.88. The zero-order valence-electron chi connectivity index (χ0n) is 11.5. The van der Waals surface area contributed by atoms with Crippen molar-refractivity contribution in [3.8, 4) is 22.3 Å². The molecule has 0 heterocycles. The van der Waals surface area contributed by atoms with Crippen LogP contribution < -0.4 is 5.73 Å². The summed E-state index contributed by atoms with van der Waals surface area (Å²) in [6.07, 6.45) is 0. The highest BCUT2D eigenvalue weighted by atomic mass is 14.6. The molecule has 0 saturated heterocycles. The Bertz CT molecular complexity index is 713. The van der Waals surface area contributed by atoms with Gasteiger partial charge in [-0.2, -0.15) is 0 Å². The Morgan fingerprint density at radius 2 is 1.15 bits per heavy atom. The molecular weight excluding hydrogens is 242 g/mol. The monoisotopic (exact) mass is 259 g/mol. The predicted molar refractivity (Wildman–Crippen MR) is 86.5 cm³/mol. The van der Waals surface area contributed by atoms with Crippen molar-refractivity contribution < 1.29 is 0 Å². The zero-order chi connectivity index (χ0) is 13.9. The standard InChI is InChI=1S/C19H17N/c1-14-10-12-16(13-11-14)18-9-5-8-17(19(18)20)15-6-3-2-4-7-15/h2-13H,20H2,1H3. The number of nitrogens with two attached hydrogens (primary N) is 1. The second-order valence-corrected chi connectivity index (χ2v) is 5.00. The van der Waals surface area contributed by atoms with E-state index in [1.54, 1.807) is 0 Å². The van der Waals surface area contributed by atoms with Gasteiger partial charge in [0.25, 0.3) is 0 Å². The number of nitrogen functional groups attached to an aromatic ring is 1. The number of anilines is 1. The first-order valence-electron chi connectivity index (χ1n) is 6.76. The van der Waals surface area contributed by atoms with Crippen molar-refractivity contribution in [2.24, 2.45) is 0 Å². The van der Waals surface area contributed by atoms with Crippen LogP contribution in [-0.2, 0) is 0 Å². The molecule has 0 unspecified atom stereocenters. The molecule has 2 N–H and O–H groups in total. The highest BCUT2D eigenvalue weighted by Crippen LogP contribution is 2.34. The molecule has 3 aromatic carbocycles. The quantitative estimate of drug-likeness (QED) is 0.650. The van der Waals surface area contributed by atoms with Gasteiger partial charge in [-0.25, -0.2) is 0 Å². The summed E-state index contributed by atoms with van der Waals surface area (Å²) in [7, 11) is 0. The first kappa shape index (κ1) is 12.5. The summed E-state index contributed by atoms with van der Waals surface area (Å²) in [6.45, 7) is 2.09. The van der Waals surface area contributed by atoms with Gasteiger partial charge < -0.3 is 5.73 Å². The van der Waals surface area contributed by atoms with Gasteiger partial charge in [0, 0.05) is 16.8 Å². The second kappa shape index (κ2) is 5.22. The Balaban J connectivity index is 2.13. The van der Waals surface area contributed by atoms with Crippen molar-refractivity contribution in [1.82, 2.24) is 0 Å². The molecule has 0 bridgehead atoms. The number of benzene rings is 3. The minimum absolute atomic E-state index is 0.836. The van der Waals surface area contributed by atoms with E-state index in [0.717, 1.165) is 27.9 Å². The molecule has 0 aliphatic rings. The fourth-order valence-electron chi connectivity index (χ4n) is 2.42. The summed E-state index contributed by atoms with van der Waals surface area (Å²) in [6, 6.07) is 24.9. The average molecular weight is 259 g/mol. The molecule has 3 aromatic rings. The fourth-order valence-corrected chi connectivity index (χ4v) is 2.42. The summed E-state index contributed by atoms with van der Waals surface area (Å²) in [5.74, 6) is 0. The second-order valence-electron chi connectivity index (χ2n) is 5.00. The molecule has 0 aliphatic carbocycles. The summed E-state index contributed by atoms with van der Waals surface area (Å²) >= 11 is 0. The maximum absolute atomic E-state index is 6.39. The Morgan fingerprint density at radius 1 is 0.600 bits per heavy atom.